The minimum atomic E-state index is -0.265. The Morgan fingerprint density at radius 2 is 1.90 bits per heavy atom. The van der Waals surface area contributed by atoms with E-state index in [4.69, 9.17) is 4.52 Å². The third kappa shape index (κ3) is 4.58. The number of rotatable bonds is 5. The number of aromatic hydroxyl groups is 1. The summed E-state index contributed by atoms with van der Waals surface area (Å²) in [6, 6.07) is 14.2. The normalized spacial score (nSPS) is 14.4. The second kappa shape index (κ2) is 8.99. The van der Waals surface area contributed by atoms with Crippen LogP contribution in [-0.2, 0) is 4.79 Å². The maximum Gasteiger partial charge on any atom is 0.257 e. The molecular formula is C23H24N4O4. The molecule has 8 nitrogen and oxygen atoms in total. The molecule has 0 spiro atoms. The maximum absolute atomic E-state index is 13.0. The number of amides is 2. The Morgan fingerprint density at radius 1 is 1.16 bits per heavy atom. The molecule has 2 N–H and O–H groups in total. The van der Waals surface area contributed by atoms with Gasteiger partial charge < -0.3 is 19.8 Å². The summed E-state index contributed by atoms with van der Waals surface area (Å²) in [7, 11) is 0. The lowest BCUT2D eigenvalue weighted by atomic mass is 9.96. The van der Waals surface area contributed by atoms with Crippen molar-refractivity contribution in [3.05, 3.63) is 60.0 Å². The van der Waals surface area contributed by atoms with Gasteiger partial charge in [0.25, 0.3) is 5.91 Å². The van der Waals surface area contributed by atoms with E-state index in [9.17, 15) is 14.7 Å². The molecule has 2 aromatic carbocycles. The monoisotopic (exact) mass is 420 g/mol. The number of anilines is 1. The molecule has 0 radical (unpaired) electrons. The Morgan fingerprint density at radius 3 is 2.61 bits per heavy atom. The van der Waals surface area contributed by atoms with Crippen LogP contribution >= 0.6 is 0 Å². The molecule has 1 aliphatic heterocycles. The second-order valence-corrected chi connectivity index (χ2v) is 7.52. The van der Waals surface area contributed by atoms with Crippen LogP contribution in [0.2, 0.25) is 0 Å². The predicted molar refractivity (Wildman–Crippen MR) is 115 cm³/mol. The number of hydrogen-bond donors (Lipinski definition) is 2. The highest BCUT2D eigenvalue weighted by Crippen LogP contribution is 2.30. The third-order valence-corrected chi connectivity index (χ3v) is 5.44. The predicted octanol–water partition coefficient (Wildman–Crippen LogP) is 3.81. The molecule has 8 heteroatoms. The fourth-order valence-corrected chi connectivity index (χ4v) is 3.64. The van der Waals surface area contributed by atoms with Crippen LogP contribution in [0.3, 0.4) is 0 Å². The maximum atomic E-state index is 13.0. The van der Waals surface area contributed by atoms with Crippen LogP contribution in [0.1, 0.15) is 48.4 Å². The molecule has 1 saturated heterocycles. The van der Waals surface area contributed by atoms with Gasteiger partial charge in [-0.3, -0.25) is 9.59 Å². The number of nitrogens with zero attached hydrogens (tertiary/aromatic N) is 3. The average molecular weight is 420 g/mol. The number of carbonyl (C=O) groups excluding carboxylic acids is 2. The van der Waals surface area contributed by atoms with Crippen molar-refractivity contribution in [3.8, 4) is 17.1 Å². The minimum Gasteiger partial charge on any atom is -0.507 e. The van der Waals surface area contributed by atoms with Gasteiger partial charge >= 0.3 is 0 Å². The van der Waals surface area contributed by atoms with Crippen LogP contribution in [0.5, 0.6) is 5.75 Å². The molecule has 1 aliphatic rings. The fraction of sp³-hybridized carbons (Fsp3) is 0.304. The highest BCUT2D eigenvalue weighted by Gasteiger charge is 2.29. The zero-order valence-corrected chi connectivity index (χ0v) is 17.2. The van der Waals surface area contributed by atoms with Crippen molar-refractivity contribution in [3.63, 3.8) is 0 Å². The van der Waals surface area contributed by atoms with Crippen LogP contribution in [0, 0.1) is 0 Å². The van der Waals surface area contributed by atoms with Crippen LogP contribution in [0.15, 0.2) is 53.1 Å². The van der Waals surface area contributed by atoms with E-state index in [1.165, 1.54) is 12.1 Å². The van der Waals surface area contributed by atoms with Gasteiger partial charge in [0.1, 0.15) is 5.75 Å². The molecular weight excluding hydrogens is 396 g/mol. The number of carbonyl (C=O) groups is 2. The highest BCUT2D eigenvalue weighted by atomic mass is 16.5. The van der Waals surface area contributed by atoms with Crippen molar-refractivity contribution < 1.29 is 19.2 Å². The van der Waals surface area contributed by atoms with Crippen LogP contribution in [0.25, 0.3) is 11.4 Å². The standard InChI is InChI=1S/C23H24N4O4/c1-2-20(29)24-17-8-9-19(28)18(14-17)23(30)27-12-10-16(11-13-27)22-25-21(26-31-22)15-6-4-3-5-7-15/h3-9,14,16,28H,2,10-13H2,1H3,(H,24,29). The molecule has 2 amide bonds. The van der Waals surface area contributed by atoms with Crippen molar-refractivity contribution >= 4 is 17.5 Å². The van der Waals surface area contributed by atoms with Gasteiger partial charge in [0.15, 0.2) is 0 Å². The van der Waals surface area contributed by atoms with Crippen LogP contribution in [-0.4, -0.2) is 45.1 Å². The largest absolute Gasteiger partial charge is 0.507 e. The molecule has 3 aromatic rings. The van der Waals surface area contributed by atoms with Gasteiger partial charge in [-0.1, -0.05) is 42.4 Å². The fourth-order valence-electron chi connectivity index (χ4n) is 3.64. The van der Waals surface area contributed by atoms with Crippen molar-refractivity contribution in [2.45, 2.75) is 32.1 Å². The van der Waals surface area contributed by atoms with Crippen molar-refractivity contribution in [1.29, 1.82) is 0 Å². The Bertz CT molecular complexity index is 1070. The van der Waals surface area contributed by atoms with E-state index in [-0.39, 0.29) is 29.0 Å². The van der Waals surface area contributed by atoms with E-state index in [0.717, 1.165) is 5.56 Å². The molecule has 0 atom stereocenters. The Balaban J connectivity index is 1.41. The molecule has 4 rings (SSSR count). The van der Waals surface area contributed by atoms with Crippen molar-refractivity contribution in [2.24, 2.45) is 0 Å². The molecule has 31 heavy (non-hydrogen) atoms. The summed E-state index contributed by atoms with van der Waals surface area (Å²) in [6.07, 6.45) is 1.71. The van der Waals surface area contributed by atoms with Gasteiger partial charge in [0, 0.05) is 36.7 Å². The Kier molecular flexibility index (Phi) is 5.97. The summed E-state index contributed by atoms with van der Waals surface area (Å²) in [5.41, 5.74) is 1.56. The molecule has 0 aliphatic carbocycles. The summed E-state index contributed by atoms with van der Waals surface area (Å²) < 4.78 is 5.48. The van der Waals surface area contributed by atoms with E-state index in [1.54, 1.807) is 17.9 Å². The first-order valence-electron chi connectivity index (χ1n) is 10.4. The van der Waals surface area contributed by atoms with E-state index in [2.05, 4.69) is 15.5 Å². The smallest absolute Gasteiger partial charge is 0.257 e. The van der Waals surface area contributed by atoms with E-state index >= 15 is 0 Å². The van der Waals surface area contributed by atoms with E-state index in [0.29, 0.717) is 49.8 Å². The lowest BCUT2D eigenvalue weighted by molar-refractivity contribution is -0.115. The SMILES string of the molecule is CCC(=O)Nc1ccc(O)c(C(=O)N2CCC(c3nc(-c4ccccc4)no3)CC2)c1. The van der Waals surface area contributed by atoms with Crippen molar-refractivity contribution in [1.82, 2.24) is 15.0 Å². The number of phenols is 1. The van der Waals surface area contributed by atoms with Gasteiger partial charge in [-0.05, 0) is 31.0 Å². The Hall–Kier alpha value is -3.68. The first kappa shape index (κ1) is 20.6. The summed E-state index contributed by atoms with van der Waals surface area (Å²) in [5, 5.41) is 17.0. The number of phenolic OH excluding ortho intramolecular Hbond substituents is 1. The molecule has 0 unspecified atom stereocenters. The summed E-state index contributed by atoms with van der Waals surface area (Å²) in [6.45, 7) is 2.77. The summed E-state index contributed by atoms with van der Waals surface area (Å²) in [5.74, 6) is 0.699. The summed E-state index contributed by atoms with van der Waals surface area (Å²) >= 11 is 0. The number of piperidine rings is 1. The van der Waals surface area contributed by atoms with Crippen LogP contribution < -0.4 is 5.32 Å². The van der Waals surface area contributed by atoms with Gasteiger partial charge in [-0.2, -0.15) is 4.98 Å². The molecule has 1 aromatic heterocycles. The molecule has 160 valence electrons. The molecule has 0 bridgehead atoms. The average Bonchev–Trinajstić information content (AvgIpc) is 3.31. The minimum absolute atomic E-state index is 0.0813. The number of aromatic nitrogens is 2. The van der Waals surface area contributed by atoms with Gasteiger partial charge in [0.2, 0.25) is 17.6 Å². The zero-order valence-electron chi connectivity index (χ0n) is 17.2. The van der Waals surface area contributed by atoms with E-state index < -0.39 is 0 Å². The first-order chi connectivity index (χ1) is 15.0. The topological polar surface area (TPSA) is 109 Å². The third-order valence-electron chi connectivity index (χ3n) is 5.44. The van der Waals surface area contributed by atoms with E-state index in [1.807, 2.05) is 30.3 Å². The second-order valence-electron chi connectivity index (χ2n) is 7.52. The van der Waals surface area contributed by atoms with Gasteiger partial charge in [-0.25, -0.2) is 0 Å². The van der Waals surface area contributed by atoms with Crippen LogP contribution in [0.4, 0.5) is 5.69 Å². The lowest BCUT2D eigenvalue weighted by Crippen LogP contribution is -2.38. The number of nitrogens with one attached hydrogen (secondary N) is 1. The lowest BCUT2D eigenvalue weighted by Gasteiger charge is -2.30. The number of hydrogen-bond acceptors (Lipinski definition) is 6. The van der Waals surface area contributed by atoms with Crippen molar-refractivity contribution in [2.75, 3.05) is 18.4 Å². The zero-order chi connectivity index (χ0) is 21.8. The molecule has 1 fully saturated rings. The van der Waals surface area contributed by atoms with Gasteiger partial charge in [0.05, 0.1) is 5.56 Å². The number of benzene rings is 2. The first-order valence-corrected chi connectivity index (χ1v) is 10.4. The van der Waals surface area contributed by atoms with Gasteiger partial charge in [-0.15, -0.1) is 0 Å². The number of likely N-dealkylation sites (tertiary alicyclic amines) is 1. The molecule has 0 saturated carbocycles. The molecule has 2 heterocycles. The summed E-state index contributed by atoms with van der Waals surface area (Å²) in [4.78, 5) is 30.8. The highest BCUT2D eigenvalue weighted by molar-refractivity contribution is 5.99. The quantitative estimate of drug-likeness (QED) is 0.608. The Labute approximate surface area is 179 Å².